The van der Waals surface area contributed by atoms with Crippen LogP contribution < -0.4 is 5.32 Å². The highest BCUT2D eigenvalue weighted by atomic mass is 127. The van der Waals surface area contributed by atoms with E-state index in [2.05, 4.69) is 27.9 Å². The number of esters is 1. The molecular weight excluding hydrogens is 441 g/mol. The number of benzene rings is 1. The molecule has 1 amide bonds. The highest BCUT2D eigenvalue weighted by Gasteiger charge is 2.55. The molecule has 0 saturated heterocycles. The van der Waals surface area contributed by atoms with Crippen LogP contribution in [0.1, 0.15) is 44.1 Å². The zero-order valence-corrected chi connectivity index (χ0v) is 17.3. The maximum Gasteiger partial charge on any atom is 0.328 e. The van der Waals surface area contributed by atoms with E-state index in [1.807, 2.05) is 24.3 Å². The first-order chi connectivity index (χ1) is 12.5. The van der Waals surface area contributed by atoms with Gasteiger partial charge in [0.2, 0.25) is 5.91 Å². The van der Waals surface area contributed by atoms with E-state index in [-0.39, 0.29) is 17.3 Å². The molecule has 4 nitrogen and oxygen atoms in total. The Balaban J connectivity index is 1.51. The van der Waals surface area contributed by atoms with Gasteiger partial charge in [0.25, 0.3) is 0 Å². The molecule has 0 aliphatic heterocycles. The molecule has 4 saturated carbocycles. The van der Waals surface area contributed by atoms with E-state index in [0.717, 1.165) is 28.4 Å². The van der Waals surface area contributed by atoms with Gasteiger partial charge in [0.05, 0.1) is 7.11 Å². The van der Waals surface area contributed by atoms with Crippen LogP contribution in [0.5, 0.6) is 0 Å². The number of nitrogens with one attached hydrogen (secondary N) is 1. The summed E-state index contributed by atoms with van der Waals surface area (Å²) < 4.78 is 6.09. The minimum Gasteiger partial charge on any atom is -0.467 e. The van der Waals surface area contributed by atoms with Crippen LogP contribution in [0.4, 0.5) is 0 Å². The molecule has 5 rings (SSSR count). The first kappa shape index (κ1) is 18.3. The highest BCUT2D eigenvalue weighted by Crippen LogP contribution is 2.60. The molecule has 0 unspecified atom stereocenters. The Morgan fingerprint density at radius 2 is 1.73 bits per heavy atom. The molecule has 4 aliphatic carbocycles. The van der Waals surface area contributed by atoms with Crippen molar-refractivity contribution in [1.29, 1.82) is 0 Å². The summed E-state index contributed by atoms with van der Waals surface area (Å²) in [7, 11) is 1.39. The second-order valence-electron chi connectivity index (χ2n) is 8.54. The second kappa shape index (κ2) is 7.13. The summed E-state index contributed by atoms with van der Waals surface area (Å²) in [4.78, 5) is 25.6. The Morgan fingerprint density at radius 1 is 1.15 bits per heavy atom. The first-order valence-electron chi connectivity index (χ1n) is 9.61. The number of carbonyl (C=O) groups is 2. The van der Waals surface area contributed by atoms with Gasteiger partial charge in [-0.1, -0.05) is 18.2 Å². The van der Waals surface area contributed by atoms with Crippen molar-refractivity contribution in [3.05, 3.63) is 33.4 Å². The number of methoxy groups -OCH3 is 1. The van der Waals surface area contributed by atoms with Crippen LogP contribution in [0.3, 0.4) is 0 Å². The number of rotatable bonds is 5. The number of hydrogen-bond acceptors (Lipinski definition) is 3. The van der Waals surface area contributed by atoms with Crippen molar-refractivity contribution in [2.24, 2.45) is 23.2 Å². The summed E-state index contributed by atoms with van der Waals surface area (Å²) in [6.07, 6.45) is 7.38. The monoisotopic (exact) mass is 467 g/mol. The van der Waals surface area contributed by atoms with Crippen molar-refractivity contribution in [2.45, 2.75) is 51.0 Å². The fourth-order valence-electron chi connectivity index (χ4n) is 5.92. The molecule has 4 aliphatic rings. The van der Waals surface area contributed by atoms with Crippen LogP contribution >= 0.6 is 22.6 Å². The van der Waals surface area contributed by atoms with Crippen molar-refractivity contribution < 1.29 is 14.3 Å². The van der Waals surface area contributed by atoms with Crippen molar-refractivity contribution >= 4 is 34.5 Å². The number of ether oxygens (including phenoxy) is 1. The molecular formula is C21H26INO3. The summed E-state index contributed by atoms with van der Waals surface area (Å²) in [5.74, 6) is 1.84. The maximum absolute atomic E-state index is 13.3. The number of amides is 1. The SMILES string of the molecule is COC(=O)[C@@H](Cc1ccccc1I)NC(=O)C12CC3CC(CC(C3)C1)C2. The Labute approximate surface area is 168 Å². The maximum atomic E-state index is 13.3. The molecule has 1 N–H and O–H groups in total. The van der Waals surface area contributed by atoms with Crippen LogP contribution in [-0.4, -0.2) is 25.0 Å². The fraction of sp³-hybridized carbons (Fsp3) is 0.619. The van der Waals surface area contributed by atoms with Gasteiger partial charge < -0.3 is 10.1 Å². The summed E-state index contributed by atoms with van der Waals surface area (Å²) in [6, 6.07) is 7.36. The summed E-state index contributed by atoms with van der Waals surface area (Å²) in [5, 5.41) is 3.08. The normalized spacial score (nSPS) is 32.9. The van der Waals surface area contributed by atoms with Gasteiger partial charge in [-0.15, -0.1) is 0 Å². The Morgan fingerprint density at radius 3 is 2.27 bits per heavy atom. The quantitative estimate of drug-likeness (QED) is 0.531. The van der Waals surface area contributed by atoms with Gasteiger partial charge in [-0.3, -0.25) is 4.79 Å². The molecule has 4 bridgehead atoms. The highest BCUT2D eigenvalue weighted by molar-refractivity contribution is 14.1. The van der Waals surface area contributed by atoms with Crippen LogP contribution in [0.25, 0.3) is 0 Å². The predicted octanol–water partition coefficient (Wildman–Crippen LogP) is 3.71. The molecule has 5 heteroatoms. The van der Waals surface area contributed by atoms with E-state index < -0.39 is 6.04 Å². The van der Waals surface area contributed by atoms with Gasteiger partial charge >= 0.3 is 5.97 Å². The van der Waals surface area contributed by atoms with Gasteiger partial charge in [-0.2, -0.15) is 0 Å². The van der Waals surface area contributed by atoms with Crippen molar-refractivity contribution in [1.82, 2.24) is 5.32 Å². The molecule has 4 fully saturated rings. The van der Waals surface area contributed by atoms with Crippen LogP contribution in [0.2, 0.25) is 0 Å². The van der Waals surface area contributed by atoms with Gasteiger partial charge in [-0.25, -0.2) is 4.79 Å². The van der Waals surface area contributed by atoms with E-state index in [0.29, 0.717) is 24.2 Å². The molecule has 0 heterocycles. The lowest BCUT2D eigenvalue weighted by atomic mass is 9.49. The zero-order valence-electron chi connectivity index (χ0n) is 15.2. The van der Waals surface area contributed by atoms with Crippen molar-refractivity contribution in [2.75, 3.05) is 7.11 Å². The largest absolute Gasteiger partial charge is 0.467 e. The number of halogens is 1. The minimum atomic E-state index is -0.614. The molecule has 0 spiro atoms. The van der Waals surface area contributed by atoms with Crippen LogP contribution in [0.15, 0.2) is 24.3 Å². The fourth-order valence-corrected chi connectivity index (χ4v) is 6.53. The summed E-state index contributed by atoms with van der Waals surface area (Å²) in [6.45, 7) is 0. The van der Waals surface area contributed by atoms with E-state index in [1.165, 1.54) is 26.4 Å². The van der Waals surface area contributed by atoms with Crippen molar-refractivity contribution in [3.8, 4) is 0 Å². The standard InChI is InChI=1S/C21H26INO3/c1-26-19(24)18(9-16-4-2-3-5-17(16)22)23-20(25)21-10-13-6-14(11-21)8-15(7-13)12-21/h2-5,13-15,18H,6-12H2,1H3,(H,23,25)/t13?,14?,15?,18-,21?/m1/s1. The average molecular weight is 467 g/mol. The first-order valence-corrected chi connectivity index (χ1v) is 10.7. The molecule has 0 radical (unpaired) electrons. The molecule has 1 aromatic carbocycles. The molecule has 1 atom stereocenters. The minimum absolute atomic E-state index is 0.0814. The second-order valence-corrected chi connectivity index (χ2v) is 9.70. The Kier molecular flexibility index (Phi) is 5.01. The zero-order chi connectivity index (χ0) is 18.3. The third-order valence-corrected chi connectivity index (χ3v) is 7.75. The summed E-state index contributed by atoms with van der Waals surface area (Å²) in [5.41, 5.74) is 0.819. The van der Waals surface area contributed by atoms with Gasteiger partial charge in [0, 0.05) is 15.4 Å². The molecule has 1 aromatic rings. The van der Waals surface area contributed by atoms with E-state index in [9.17, 15) is 9.59 Å². The Bertz CT molecular complexity index is 682. The number of hydrogen-bond donors (Lipinski definition) is 1. The Hall–Kier alpha value is -1.11. The molecule has 140 valence electrons. The van der Waals surface area contributed by atoms with Crippen LogP contribution in [-0.2, 0) is 20.7 Å². The van der Waals surface area contributed by atoms with Gasteiger partial charge in [-0.05, 0) is 90.5 Å². The van der Waals surface area contributed by atoms with E-state index in [1.54, 1.807) is 0 Å². The lowest BCUT2D eigenvalue weighted by Gasteiger charge is -2.55. The van der Waals surface area contributed by atoms with E-state index in [4.69, 9.17) is 4.74 Å². The van der Waals surface area contributed by atoms with Gasteiger partial charge in [0.15, 0.2) is 0 Å². The van der Waals surface area contributed by atoms with E-state index >= 15 is 0 Å². The third kappa shape index (κ3) is 3.39. The molecule has 0 aromatic heterocycles. The van der Waals surface area contributed by atoms with Gasteiger partial charge in [0.1, 0.15) is 6.04 Å². The predicted molar refractivity (Wildman–Crippen MR) is 107 cm³/mol. The third-order valence-electron chi connectivity index (χ3n) is 6.69. The van der Waals surface area contributed by atoms with Crippen molar-refractivity contribution in [3.63, 3.8) is 0 Å². The van der Waals surface area contributed by atoms with Crippen LogP contribution in [0, 0.1) is 26.7 Å². The topological polar surface area (TPSA) is 55.4 Å². The lowest BCUT2D eigenvalue weighted by Crippen LogP contribution is -2.56. The summed E-state index contributed by atoms with van der Waals surface area (Å²) >= 11 is 2.27. The average Bonchev–Trinajstić information content (AvgIpc) is 2.61. The number of carbonyl (C=O) groups excluding carboxylic acids is 2. The lowest BCUT2D eigenvalue weighted by molar-refractivity contribution is -0.152. The smallest absolute Gasteiger partial charge is 0.328 e. The molecule has 26 heavy (non-hydrogen) atoms.